The van der Waals surface area contributed by atoms with Crippen molar-refractivity contribution in [3.05, 3.63) is 35.9 Å². The maximum Gasteiger partial charge on any atom is 0.224 e. The molecule has 1 aromatic rings. The van der Waals surface area contributed by atoms with Crippen LogP contribution < -0.4 is 5.32 Å². The molecular formula is C17H24N2O3. The highest BCUT2D eigenvalue weighted by molar-refractivity contribution is 5.79. The monoisotopic (exact) mass is 304 g/mol. The van der Waals surface area contributed by atoms with E-state index in [4.69, 9.17) is 0 Å². The van der Waals surface area contributed by atoms with Gasteiger partial charge in [0.1, 0.15) is 0 Å². The van der Waals surface area contributed by atoms with Crippen LogP contribution in [0.2, 0.25) is 0 Å². The molecule has 0 heterocycles. The summed E-state index contributed by atoms with van der Waals surface area (Å²) in [5, 5.41) is 12.8. The molecule has 1 aliphatic rings. The van der Waals surface area contributed by atoms with Crippen molar-refractivity contribution < 1.29 is 14.7 Å². The van der Waals surface area contributed by atoms with Gasteiger partial charge in [-0.25, -0.2) is 0 Å². The van der Waals surface area contributed by atoms with Gasteiger partial charge in [0, 0.05) is 20.5 Å². The fourth-order valence-electron chi connectivity index (χ4n) is 2.53. The Morgan fingerprint density at radius 3 is 2.50 bits per heavy atom. The molecule has 5 heteroatoms. The lowest BCUT2D eigenvalue weighted by Gasteiger charge is -2.24. The largest absolute Gasteiger partial charge is 0.391 e. The van der Waals surface area contributed by atoms with E-state index in [-0.39, 0.29) is 24.3 Å². The van der Waals surface area contributed by atoms with Crippen LogP contribution in [-0.4, -0.2) is 41.5 Å². The van der Waals surface area contributed by atoms with Crippen molar-refractivity contribution >= 4 is 11.8 Å². The zero-order valence-electron chi connectivity index (χ0n) is 13.2. The molecule has 0 saturated heterocycles. The lowest BCUT2D eigenvalue weighted by molar-refractivity contribution is -0.132. The molecule has 0 radical (unpaired) electrons. The molecule has 1 fully saturated rings. The van der Waals surface area contributed by atoms with Gasteiger partial charge in [0.15, 0.2) is 0 Å². The topological polar surface area (TPSA) is 69.6 Å². The molecule has 0 aromatic heterocycles. The predicted molar refractivity (Wildman–Crippen MR) is 84.0 cm³/mol. The van der Waals surface area contributed by atoms with Crippen molar-refractivity contribution in [3.8, 4) is 0 Å². The number of carbonyl (C=O) groups excluding carboxylic acids is 2. The van der Waals surface area contributed by atoms with Gasteiger partial charge in [0.05, 0.1) is 18.6 Å². The van der Waals surface area contributed by atoms with Crippen LogP contribution in [0.1, 0.15) is 37.8 Å². The van der Waals surface area contributed by atoms with Gasteiger partial charge in [-0.2, -0.15) is 0 Å². The Balaban J connectivity index is 1.96. The minimum atomic E-state index is -0.440. The first kappa shape index (κ1) is 16.5. The molecule has 1 aromatic carbocycles. The van der Waals surface area contributed by atoms with Crippen molar-refractivity contribution in [1.29, 1.82) is 0 Å². The van der Waals surface area contributed by atoms with Crippen molar-refractivity contribution in [3.63, 3.8) is 0 Å². The standard InChI is InChI=1S/C17H24N2O3/c1-12(20)18-15(13-6-4-3-5-7-13)10-17(22)19(2)11-16(21)14-8-9-14/h3-7,14-16,21H,8-11H2,1-2H3,(H,18,20). The minimum absolute atomic E-state index is 0.0812. The Bertz CT molecular complexity index is 514. The van der Waals surface area contributed by atoms with Gasteiger partial charge in [0.2, 0.25) is 11.8 Å². The van der Waals surface area contributed by atoms with E-state index < -0.39 is 6.10 Å². The Kier molecular flexibility index (Phi) is 5.55. The number of nitrogens with zero attached hydrogens (tertiary/aromatic N) is 1. The highest BCUT2D eigenvalue weighted by Gasteiger charge is 2.31. The lowest BCUT2D eigenvalue weighted by Crippen LogP contribution is -2.38. The molecule has 22 heavy (non-hydrogen) atoms. The second-order valence-electron chi connectivity index (χ2n) is 6.05. The fraction of sp³-hybridized carbons (Fsp3) is 0.529. The van der Waals surface area contributed by atoms with Crippen molar-refractivity contribution in [2.75, 3.05) is 13.6 Å². The fourth-order valence-corrected chi connectivity index (χ4v) is 2.53. The number of nitrogens with one attached hydrogen (secondary N) is 1. The third kappa shape index (κ3) is 4.84. The predicted octanol–water partition coefficient (Wildman–Crippen LogP) is 1.48. The second kappa shape index (κ2) is 7.40. The molecule has 2 unspecified atom stereocenters. The van der Waals surface area contributed by atoms with Gasteiger partial charge in [-0.3, -0.25) is 9.59 Å². The zero-order valence-corrected chi connectivity index (χ0v) is 13.2. The summed E-state index contributed by atoms with van der Waals surface area (Å²) in [5.41, 5.74) is 0.905. The number of aliphatic hydroxyl groups excluding tert-OH is 1. The summed E-state index contributed by atoms with van der Waals surface area (Å²) < 4.78 is 0. The zero-order chi connectivity index (χ0) is 16.1. The first-order valence-corrected chi connectivity index (χ1v) is 7.71. The van der Waals surface area contributed by atoms with Crippen LogP contribution in [0.25, 0.3) is 0 Å². The quantitative estimate of drug-likeness (QED) is 0.802. The summed E-state index contributed by atoms with van der Waals surface area (Å²) in [7, 11) is 1.70. The van der Waals surface area contributed by atoms with Gasteiger partial charge in [-0.15, -0.1) is 0 Å². The number of carbonyl (C=O) groups is 2. The highest BCUT2D eigenvalue weighted by Crippen LogP contribution is 2.32. The minimum Gasteiger partial charge on any atom is -0.391 e. The molecule has 2 amide bonds. The summed E-state index contributed by atoms with van der Waals surface area (Å²) >= 11 is 0. The number of amides is 2. The number of hydrogen-bond acceptors (Lipinski definition) is 3. The van der Waals surface area contributed by atoms with E-state index in [1.54, 1.807) is 11.9 Å². The molecular weight excluding hydrogens is 280 g/mol. The van der Waals surface area contributed by atoms with E-state index in [9.17, 15) is 14.7 Å². The second-order valence-corrected chi connectivity index (χ2v) is 6.05. The lowest BCUT2D eigenvalue weighted by atomic mass is 10.0. The highest BCUT2D eigenvalue weighted by atomic mass is 16.3. The van der Waals surface area contributed by atoms with Crippen LogP contribution in [0.3, 0.4) is 0 Å². The van der Waals surface area contributed by atoms with E-state index in [1.165, 1.54) is 6.92 Å². The number of benzene rings is 1. The number of likely N-dealkylation sites (N-methyl/N-ethyl adjacent to an activating group) is 1. The summed E-state index contributed by atoms with van der Waals surface area (Å²) in [6.07, 6.45) is 1.84. The molecule has 0 bridgehead atoms. The van der Waals surface area contributed by atoms with E-state index in [2.05, 4.69) is 5.32 Å². The molecule has 120 valence electrons. The van der Waals surface area contributed by atoms with Crippen LogP contribution in [0.5, 0.6) is 0 Å². The Morgan fingerprint density at radius 2 is 1.95 bits per heavy atom. The third-order valence-electron chi connectivity index (χ3n) is 4.01. The van der Waals surface area contributed by atoms with E-state index in [0.717, 1.165) is 18.4 Å². The van der Waals surface area contributed by atoms with E-state index >= 15 is 0 Å². The molecule has 2 N–H and O–H groups in total. The average Bonchev–Trinajstić information content (AvgIpc) is 3.31. The van der Waals surface area contributed by atoms with Gasteiger partial charge in [-0.1, -0.05) is 30.3 Å². The first-order valence-electron chi connectivity index (χ1n) is 7.71. The summed E-state index contributed by atoms with van der Waals surface area (Å²) in [6, 6.07) is 9.12. The molecule has 2 rings (SSSR count). The first-order chi connectivity index (χ1) is 10.5. The summed E-state index contributed by atoms with van der Waals surface area (Å²) in [5.74, 6) is 0.0974. The Morgan fingerprint density at radius 1 is 1.32 bits per heavy atom. The van der Waals surface area contributed by atoms with E-state index in [0.29, 0.717) is 12.5 Å². The van der Waals surface area contributed by atoms with Crippen LogP contribution in [0.15, 0.2) is 30.3 Å². The van der Waals surface area contributed by atoms with Crippen LogP contribution >= 0.6 is 0 Å². The van der Waals surface area contributed by atoms with Gasteiger partial charge in [-0.05, 0) is 24.3 Å². The smallest absolute Gasteiger partial charge is 0.224 e. The van der Waals surface area contributed by atoms with Gasteiger partial charge < -0.3 is 15.3 Å². The molecule has 5 nitrogen and oxygen atoms in total. The number of aliphatic hydroxyl groups is 1. The van der Waals surface area contributed by atoms with Crippen molar-refractivity contribution in [1.82, 2.24) is 10.2 Å². The van der Waals surface area contributed by atoms with Crippen molar-refractivity contribution in [2.45, 2.75) is 38.3 Å². The number of rotatable bonds is 7. The molecule has 2 atom stereocenters. The van der Waals surface area contributed by atoms with Crippen LogP contribution in [0, 0.1) is 5.92 Å². The third-order valence-corrected chi connectivity index (χ3v) is 4.01. The molecule has 0 aliphatic heterocycles. The molecule has 0 spiro atoms. The van der Waals surface area contributed by atoms with E-state index in [1.807, 2.05) is 30.3 Å². The number of hydrogen-bond donors (Lipinski definition) is 2. The maximum atomic E-state index is 12.4. The normalized spacial score (nSPS) is 16.7. The summed E-state index contributed by atoms with van der Waals surface area (Å²) in [6.45, 7) is 1.80. The average molecular weight is 304 g/mol. The van der Waals surface area contributed by atoms with Crippen LogP contribution in [0.4, 0.5) is 0 Å². The summed E-state index contributed by atoms with van der Waals surface area (Å²) in [4.78, 5) is 25.3. The van der Waals surface area contributed by atoms with Crippen molar-refractivity contribution in [2.24, 2.45) is 5.92 Å². The Hall–Kier alpha value is -1.88. The molecule has 1 aliphatic carbocycles. The Labute approximate surface area is 131 Å². The maximum absolute atomic E-state index is 12.4. The van der Waals surface area contributed by atoms with Crippen LogP contribution in [-0.2, 0) is 9.59 Å². The molecule has 1 saturated carbocycles. The van der Waals surface area contributed by atoms with Gasteiger partial charge >= 0.3 is 0 Å². The SMILES string of the molecule is CC(=O)NC(CC(=O)N(C)CC(O)C1CC1)c1ccccc1. The van der Waals surface area contributed by atoms with Gasteiger partial charge in [0.25, 0.3) is 0 Å².